The first-order chi connectivity index (χ1) is 8.54. The van der Waals surface area contributed by atoms with Gasteiger partial charge < -0.3 is 10.6 Å². The van der Waals surface area contributed by atoms with Gasteiger partial charge in [0.05, 0.1) is 12.1 Å². The molecule has 0 fully saturated rings. The second-order valence-corrected chi connectivity index (χ2v) is 5.63. The van der Waals surface area contributed by atoms with Gasteiger partial charge in [0.2, 0.25) is 5.91 Å². The molecule has 0 aliphatic heterocycles. The first-order valence-electron chi connectivity index (χ1n) is 6.54. The number of hydrogen-bond donors (Lipinski definition) is 1. The molecule has 2 N–H and O–H groups in total. The van der Waals surface area contributed by atoms with Crippen molar-refractivity contribution < 1.29 is 4.79 Å². The summed E-state index contributed by atoms with van der Waals surface area (Å²) in [6.45, 7) is 7.11. The lowest BCUT2D eigenvalue weighted by Crippen LogP contribution is -2.38. The molecule has 4 nitrogen and oxygen atoms in total. The van der Waals surface area contributed by atoms with Gasteiger partial charge in [-0.3, -0.25) is 4.79 Å². The van der Waals surface area contributed by atoms with E-state index in [1.807, 2.05) is 10.3 Å². The molecule has 0 saturated heterocycles. The second-order valence-electron chi connectivity index (χ2n) is 4.74. The third-order valence-electron chi connectivity index (χ3n) is 2.85. The molecule has 0 spiro atoms. The van der Waals surface area contributed by atoms with Crippen LogP contribution in [0.15, 0.2) is 5.38 Å². The number of amides is 1. The van der Waals surface area contributed by atoms with Crippen LogP contribution < -0.4 is 5.73 Å². The average molecular weight is 269 g/mol. The van der Waals surface area contributed by atoms with E-state index >= 15 is 0 Å². The molecule has 0 aromatic carbocycles. The zero-order valence-electron chi connectivity index (χ0n) is 11.5. The fourth-order valence-electron chi connectivity index (χ4n) is 1.86. The first kappa shape index (κ1) is 15.0. The average Bonchev–Trinajstić information content (AvgIpc) is 2.69. The Morgan fingerprint density at radius 1 is 1.50 bits per heavy atom. The van der Waals surface area contributed by atoms with Gasteiger partial charge in [-0.25, -0.2) is 4.98 Å². The molecule has 0 aliphatic rings. The molecule has 0 aliphatic carbocycles. The Labute approximate surface area is 113 Å². The summed E-state index contributed by atoms with van der Waals surface area (Å²) in [6.07, 6.45) is 3.76. The monoisotopic (exact) mass is 269 g/mol. The third kappa shape index (κ3) is 4.64. The van der Waals surface area contributed by atoms with Crippen LogP contribution in [0.2, 0.25) is 0 Å². The van der Waals surface area contributed by atoms with Crippen molar-refractivity contribution in [2.75, 3.05) is 12.3 Å². The van der Waals surface area contributed by atoms with Crippen LogP contribution in [0.3, 0.4) is 0 Å². The Bertz CT molecular complexity index is 376. The van der Waals surface area contributed by atoms with Crippen molar-refractivity contribution in [1.82, 2.24) is 9.88 Å². The van der Waals surface area contributed by atoms with Gasteiger partial charge in [-0.15, -0.1) is 11.3 Å². The van der Waals surface area contributed by atoms with E-state index in [0.717, 1.165) is 18.7 Å². The summed E-state index contributed by atoms with van der Waals surface area (Å²) < 4.78 is 0. The molecule has 1 rings (SSSR count). The summed E-state index contributed by atoms with van der Waals surface area (Å²) >= 11 is 1.38. The Kier molecular flexibility index (Phi) is 6.12. The molecule has 0 atom stereocenters. The molecule has 1 amide bonds. The molecule has 1 aromatic rings. The van der Waals surface area contributed by atoms with Crippen LogP contribution >= 0.6 is 11.3 Å². The Morgan fingerprint density at radius 3 is 2.72 bits per heavy atom. The molecule has 102 valence electrons. The smallest absolute Gasteiger partial charge is 0.228 e. The molecule has 0 saturated carbocycles. The lowest BCUT2D eigenvalue weighted by atomic mass is 10.2. The summed E-state index contributed by atoms with van der Waals surface area (Å²) in [6, 6.07) is 0.241. The van der Waals surface area contributed by atoms with E-state index in [0.29, 0.717) is 11.6 Å². The molecule has 18 heavy (non-hydrogen) atoms. The normalized spacial score (nSPS) is 10.9. The minimum Gasteiger partial charge on any atom is -0.375 e. The third-order valence-corrected chi connectivity index (χ3v) is 3.57. The minimum atomic E-state index is 0.145. The maximum Gasteiger partial charge on any atom is 0.228 e. The van der Waals surface area contributed by atoms with Crippen LogP contribution in [0.5, 0.6) is 0 Å². The highest BCUT2D eigenvalue weighted by atomic mass is 32.1. The highest BCUT2D eigenvalue weighted by molar-refractivity contribution is 7.13. The largest absolute Gasteiger partial charge is 0.375 e. The number of unbranched alkanes of at least 4 members (excludes halogenated alkanes) is 2. The number of anilines is 1. The lowest BCUT2D eigenvalue weighted by molar-refractivity contribution is -0.132. The van der Waals surface area contributed by atoms with Crippen LogP contribution in [0.1, 0.15) is 45.7 Å². The van der Waals surface area contributed by atoms with Gasteiger partial charge in [0.1, 0.15) is 0 Å². The van der Waals surface area contributed by atoms with Gasteiger partial charge in [-0.2, -0.15) is 0 Å². The van der Waals surface area contributed by atoms with E-state index in [4.69, 9.17) is 5.73 Å². The van der Waals surface area contributed by atoms with Gasteiger partial charge in [-0.05, 0) is 20.3 Å². The Morgan fingerprint density at radius 2 is 2.22 bits per heavy atom. The fourth-order valence-corrected chi connectivity index (χ4v) is 2.43. The number of nitrogen functional groups attached to an aromatic ring is 1. The number of nitrogens with zero attached hydrogens (tertiary/aromatic N) is 2. The summed E-state index contributed by atoms with van der Waals surface area (Å²) in [4.78, 5) is 18.3. The van der Waals surface area contributed by atoms with Crippen molar-refractivity contribution in [3.05, 3.63) is 11.1 Å². The summed E-state index contributed by atoms with van der Waals surface area (Å²) in [5, 5.41) is 2.39. The second kappa shape index (κ2) is 7.36. The van der Waals surface area contributed by atoms with E-state index in [1.165, 1.54) is 24.2 Å². The van der Waals surface area contributed by atoms with Gasteiger partial charge in [-0.1, -0.05) is 19.8 Å². The van der Waals surface area contributed by atoms with E-state index < -0.39 is 0 Å². The maximum absolute atomic E-state index is 12.2. The van der Waals surface area contributed by atoms with Crippen LogP contribution in [-0.4, -0.2) is 28.4 Å². The van der Waals surface area contributed by atoms with Crippen LogP contribution in [0, 0.1) is 0 Å². The molecule has 1 aromatic heterocycles. The molecule has 5 heteroatoms. The molecule has 0 radical (unpaired) electrons. The van der Waals surface area contributed by atoms with Crippen molar-refractivity contribution in [2.45, 2.75) is 52.5 Å². The van der Waals surface area contributed by atoms with E-state index in [1.54, 1.807) is 0 Å². The van der Waals surface area contributed by atoms with Gasteiger partial charge in [0.15, 0.2) is 5.13 Å². The number of rotatable bonds is 7. The van der Waals surface area contributed by atoms with Gasteiger partial charge in [0, 0.05) is 18.0 Å². The zero-order chi connectivity index (χ0) is 13.5. The molecule has 0 unspecified atom stereocenters. The predicted octanol–water partition coefficient (Wildman–Crippen LogP) is 2.70. The maximum atomic E-state index is 12.2. The summed E-state index contributed by atoms with van der Waals surface area (Å²) in [5.74, 6) is 0.145. The van der Waals surface area contributed by atoms with Crippen molar-refractivity contribution in [1.29, 1.82) is 0 Å². The number of hydrogen-bond acceptors (Lipinski definition) is 4. The standard InChI is InChI=1S/C13H23N3OS/c1-4-5-6-7-16(10(2)3)12(17)8-11-9-18-13(14)15-11/h9-10H,4-8H2,1-3H3,(H2,14,15). The van der Waals surface area contributed by atoms with Crippen molar-refractivity contribution in [3.63, 3.8) is 0 Å². The van der Waals surface area contributed by atoms with E-state index in [-0.39, 0.29) is 11.9 Å². The van der Waals surface area contributed by atoms with Gasteiger partial charge >= 0.3 is 0 Å². The SMILES string of the molecule is CCCCCN(C(=O)Cc1csc(N)n1)C(C)C. The van der Waals surface area contributed by atoms with Crippen molar-refractivity contribution >= 4 is 22.4 Å². The topological polar surface area (TPSA) is 59.2 Å². The Balaban J connectivity index is 2.54. The predicted molar refractivity (Wildman–Crippen MR) is 76.6 cm³/mol. The van der Waals surface area contributed by atoms with Crippen LogP contribution in [-0.2, 0) is 11.2 Å². The molecule has 1 heterocycles. The summed E-state index contributed by atoms with van der Waals surface area (Å²) in [7, 11) is 0. The first-order valence-corrected chi connectivity index (χ1v) is 7.42. The number of aromatic nitrogens is 1. The molecular weight excluding hydrogens is 246 g/mol. The fraction of sp³-hybridized carbons (Fsp3) is 0.692. The van der Waals surface area contributed by atoms with Crippen LogP contribution in [0.25, 0.3) is 0 Å². The lowest BCUT2D eigenvalue weighted by Gasteiger charge is -2.26. The van der Waals surface area contributed by atoms with Crippen molar-refractivity contribution in [3.8, 4) is 0 Å². The number of nitrogens with two attached hydrogens (primary N) is 1. The number of carbonyl (C=O) groups excluding carboxylic acids is 1. The molecule has 0 bridgehead atoms. The quantitative estimate of drug-likeness (QED) is 0.774. The van der Waals surface area contributed by atoms with Crippen LogP contribution in [0.4, 0.5) is 5.13 Å². The highest BCUT2D eigenvalue weighted by Crippen LogP contribution is 2.13. The Hall–Kier alpha value is -1.10. The highest BCUT2D eigenvalue weighted by Gasteiger charge is 2.17. The summed E-state index contributed by atoms with van der Waals surface area (Å²) in [5.41, 5.74) is 6.35. The van der Waals surface area contributed by atoms with E-state index in [9.17, 15) is 4.79 Å². The zero-order valence-corrected chi connectivity index (χ0v) is 12.3. The minimum absolute atomic E-state index is 0.145. The van der Waals surface area contributed by atoms with E-state index in [2.05, 4.69) is 25.8 Å². The number of thiazole rings is 1. The van der Waals surface area contributed by atoms with Gasteiger partial charge in [0.25, 0.3) is 0 Å². The number of carbonyl (C=O) groups is 1. The molecular formula is C13H23N3OS. The van der Waals surface area contributed by atoms with Crippen molar-refractivity contribution in [2.24, 2.45) is 0 Å².